The number of anilines is 1. The molecule has 3 aromatic rings. The van der Waals surface area contributed by atoms with Crippen LogP contribution in [0.25, 0.3) is 11.0 Å². The smallest absolute Gasteiger partial charge is 0.210 e. The zero-order valence-electron chi connectivity index (χ0n) is 13.3. The van der Waals surface area contributed by atoms with Crippen molar-refractivity contribution >= 4 is 17.0 Å². The lowest BCUT2D eigenvalue weighted by molar-refractivity contribution is 0.680. The molecule has 1 atom stereocenters. The van der Waals surface area contributed by atoms with Gasteiger partial charge in [0.25, 0.3) is 0 Å². The summed E-state index contributed by atoms with van der Waals surface area (Å²) >= 11 is 0. The fraction of sp³-hybridized carbons (Fsp3) is 0.158. The summed E-state index contributed by atoms with van der Waals surface area (Å²) in [6.45, 7) is 2.12. The van der Waals surface area contributed by atoms with Gasteiger partial charge in [-0.05, 0) is 29.7 Å². The number of hydrogen-bond acceptors (Lipinski definition) is 4. The van der Waals surface area contributed by atoms with Gasteiger partial charge in [-0.25, -0.2) is 4.98 Å². The van der Waals surface area contributed by atoms with Crippen molar-refractivity contribution in [2.45, 2.75) is 19.4 Å². The third-order valence-corrected chi connectivity index (χ3v) is 4.49. The number of nitrogens with two attached hydrogens (primary N) is 1. The molecule has 0 fully saturated rings. The van der Waals surface area contributed by atoms with Crippen molar-refractivity contribution in [3.05, 3.63) is 71.1 Å². The molecule has 118 valence electrons. The summed E-state index contributed by atoms with van der Waals surface area (Å²) in [5.41, 5.74) is 10.8. The van der Waals surface area contributed by atoms with Crippen LogP contribution < -0.4 is 11.1 Å². The molecule has 1 aliphatic rings. The second-order valence-electron chi connectivity index (χ2n) is 5.86. The second kappa shape index (κ2) is 5.43. The molecule has 5 nitrogen and oxygen atoms in total. The van der Waals surface area contributed by atoms with Crippen molar-refractivity contribution in [3.63, 3.8) is 0 Å². The molecule has 0 unspecified atom stereocenters. The first kappa shape index (κ1) is 14.3. The number of nitrogens with one attached hydrogen (secondary N) is 1. The van der Waals surface area contributed by atoms with E-state index in [9.17, 15) is 5.26 Å². The fourth-order valence-electron chi connectivity index (χ4n) is 3.23. The van der Waals surface area contributed by atoms with Gasteiger partial charge in [-0.15, -0.1) is 0 Å². The molecule has 0 spiro atoms. The zero-order valence-corrected chi connectivity index (χ0v) is 13.3. The van der Waals surface area contributed by atoms with Gasteiger partial charge in [0.2, 0.25) is 5.95 Å². The van der Waals surface area contributed by atoms with Crippen molar-refractivity contribution in [2.75, 3.05) is 5.32 Å². The molecule has 1 aromatic heterocycles. The van der Waals surface area contributed by atoms with Crippen LogP contribution in [0.4, 0.5) is 5.95 Å². The molecule has 0 aliphatic carbocycles. The molecule has 1 aliphatic heterocycles. The number of allylic oxidation sites excluding steroid dienone is 1. The highest BCUT2D eigenvalue weighted by Crippen LogP contribution is 2.37. The maximum absolute atomic E-state index is 9.67. The number of nitriles is 1. The Balaban J connectivity index is 1.97. The van der Waals surface area contributed by atoms with E-state index in [1.807, 2.05) is 28.8 Å². The molecule has 5 heteroatoms. The predicted octanol–water partition coefficient (Wildman–Crippen LogP) is 3.31. The van der Waals surface area contributed by atoms with Crippen molar-refractivity contribution in [3.8, 4) is 6.07 Å². The van der Waals surface area contributed by atoms with Gasteiger partial charge in [0.15, 0.2) is 0 Å². The van der Waals surface area contributed by atoms with Gasteiger partial charge in [-0.1, -0.05) is 43.3 Å². The Kier molecular flexibility index (Phi) is 3.24. The number of aromatic nitrogens is 2. The van der Waals surface area contributed by atoms with Crippen LogP contribution in [0.3, 0.4) is 0 Å². The number of imidazole rings is 1. The molecule has 0 saturated carbocycles. The molecule has 2 aromatic carbocycles. The van der Waals surface area contributed by atoms with Crippen LogP contribution >= 0.6 is 0 Å². The van der Waals surface area contributed by atoms with Crippen LogP contribution in [-0.2, 0) is 6.42 Å². The van der Waals surface area contributed by atoms with Gasteiger partial charge in [-0.2, -0.15) is 5.26 Å². The van der Waals surface area contributed by atoms with E-state index in [4.69, 9.17) is 5.73 Å². The Bertz CT molecular complexity index is 989. The van der Waals surface area contributed by atoms with E-state index in [1.165, 1.54) is 5.56 Å². The van der Waals surface area contributed by atoms with Crippen LogP contribution in [0.2, 0.25) is 0 Å². The van der Waals surface area contributed by atoms with Crippen molar-refractivity contribution in [2.24, 2.45) is 5.73 Å². The zero-order chi connectivity index (χ0) is 16.7. The molecular weight excluding hydrogens is 298 g/mol. The highest BCUT2D eigenvalue weighted by atomic mass is 15.3. The number of fused-ring (bicyclic) bond motifs is 3. The predicted molar refractivity (Wildman–Crippen MR) is 94.1 cm³/mol. The van der Waals surface area contributed by atoms with E-state index in [0.29, 0.717) is 17.3 Å². The molecule has 0 radical (unpaired) electrons. The van der Waals surface area contributed by atoms with Gasteiger partial charge in [0.1, 0.15) is 17.9 Å². The van der Waals surface area contributed by atoms with Crippen LogP contribution in [-0.4, -0.2) is 9.55 Å². The first-order chi connectivity index (χ1) is 11.7. The highest BCUT2D eigenvalue weighted by Gasteiger charge is 2.30. The minimum atomic E-state index is -0.274. The van der Waals surface area contributed by atoms with Crippen LogP contribution in [0.15, 0.2) is 59.9 Å². The minimum Gasteiger partial charge on any atom is -0.384 e. The van der Waals surface area contributed by atoms with E-state index in [0.717, 1.165) is 23.0 Å². The third-order valence-electron chi connectivity index (χ3n) is 4.49. The van der Waals surface area contributed by atoms with Gasteiger partial charge in [0.05, 0.1) is 16.6 Å². The summed E-state index contributed by atoms with van der Waals surface area (Å²) in [6, 6.07) is 18.2. The number of rotatable bonds is 2. The number of para-hydroxylation sites is 2. The standard InChI is InChI=1S/C19H17N5/c1-2-12-7-9-13(10-8-12)17-14(11-20)18(21)23-19-22-15-5-3-4-6-16(15)24(17)19/h3-10,17H,2,21H2,1H3,(H,22,23)/t17-/m0/s1. The largest absolute Gasteiger partial charge is 0.384 e. The monoisotopic (exact) mass is 315 g/mol. The lowest BCUT2D eigenvalue weighted by Gasteiger charge is -2.27. The quantitative estimate of drug-likeness (QED) is 0.760. The molecule has 24 heavy (non-hydrogen) atoms. The molecule has 0 amide bonds. The van der Waals surface area contributed by atoms with E-state index < -0.39 is 0 Å². The fourth-order valence-corrected chi connectivity index (χ4v) is 3.23. The molecule has 0 bridgehead atoms. The Morgan fingerprint density at radius 1 is 1.21 bits per heavy atom. The van der Waals surface area contributed by atoms with Gasteiger partial charge < -0.3 is 11.1 Å². The van der Waals surface area contributed by atoms with E-state index in [2.05, 4.69) is 47.6 Å². The SMILES string of the molecule is CCc1ccc([C@H]2C(C#N)=C(N)Nc3nc4ccccc4n32)cc1. The van der Waals surface area contributed by atoms with Crippen molar-refractivity contribution in [1.82, 2.24) is 9.55 Å². The molecular formula is C19H17N5. The first-order valence-corrected chi connectivity index (χ1v) is 7.95. The Morgan fingerprint density at radius 3 is 2.67 bits per heavy atom. The Labute approximate surface area is 140 Å². The number of benzene rings is 2. The maximum atomic E-state index is 9.67. The Hall–Kier alpha value is -3.26. The molecule has 4 rings (SSSR count). The average Bonchev–Trinajstić information content (AvgIpc) is 2.98. The second-order valence-corrected chi connectivity index (χ2v) is 5.86. The average molecular weight is 315 g/mol. The summed E-state index contributed by atoms with van der Waals surface area (Å²) in [7, 11) is 0. The summed E-state index contributed by atoms with van der Waals surface area (Å²) in [6.07, 6.45) is 0.981. The third kappa shape index (κ3) is 2.04. The highest BCUT2D eigenvalue weighted by molar-refractivity contribution is 5.80. The maximum Gasteiger partial charge on any atom is 0.210 e. The number of nitrogens with zero attached hydrogens (tertiary/aromatic N) is 3. The lowest BCUT2D eigenvalue weighted by atomic mass is 9.96. The molecule has 3 N–H and O–H groups in total. The summed E-state index contributed by atoms with van der Waals surface area (Å²) in [5.74, 6) is 1.03. The van der Waals surface area contributed by atoms with Gasteiger partial charge >= 0.3 is 0 Å². The minimum absolute atomic E-state index is 0.274. The number of hydrogen-bond donors (Lipinski definition) is 2. The van der Waals surface area contributed by atoms with E-state index in [1.54, 1.807) is 0 Å². The number of aryl methyl sites for hydroxylation is 1. The Morgan fingerprint density at radius 2 is 1.96 bits per heavy atom. The topological polar surface area (TPSA) is 79.7 Å². The van der Waals surface area contributed by atoms with Crippen molar-refractivity contribution in [1.29, 1.82) is 5.26 Å². The summed E-state index contributed by atoms with van der Waals surface area (Å²) in [4.78, 5) is 4.61. The van der Waals surface area contributed by atoms with Gasteiger partial charge in [-0.3, -0.25) is 4.57 Å². The van der Waals surface area contributed by atoms with Crippen molar-refractivity contribution < 1.29 is 0 Å². The molecule has 2 heterocycles. The van der Waals surface area contributed by atoms with Gasteiger partial charge in [0, 0.05) is 0 Å². The first-order valence-electron chi connectivity index (χ1n) is 7.95. The summed E-state index contributed by atoms with van der Waals surface area (Å²) in [5, 5.41) is 12.7. The van der Waals surface area contributed by atoms with E-state index in [-0.39, 0.29) is 6.04 Å². The lowest BCUT2D eigenvalue weighted by Crippen LogP contribution is -2.27. The van der Waals surface area contributed by atoms with Crippen LogP contribution in [0, 0.1) is 11.3 Å². The van der Waals surface area contributed by atoms with Crippen LogP contribution in [0.5, 0.6) is 0 Å². The normalized spacial score (nSPS) is 16.6. The summed E-state index contributed by atoms with van der Waals surface area (Å²) < 4.78 is 2.05. The van der Waals surface area contributed by atoms with Crippen LogP contribution in [0.1, 0.15) is 24.1 Å². The van der Waals surface area contributed by atoms with E-state index >= 15 is 0 Å². The molecule has 0 saturated heterocycles.